The van der Waals surface area contributed by atoms with Gasteiger partial charge >= 0.3 is 0 Å². The van der Waals surface area contributed by atoms with Crippen molar-refractivity contribution in [1.82, 2.24) is 0 Å². The number of benzene rings is 1. The zero-order valence-electron chi connectivity index (χ0n) is 10.7. The second kappa shape index (κ2) is 5.30. The standard InChI is InChI=1S/C12H18FN3O2/c1-12(2,3)10(7-14)15-11-8(13)5-4-6-9(11)16(17)18/h4-6,10,15H,7,14H2,1-3H3. The highest BCUT2D eigenvalue weighted by atomic mass is 19.1. The van der Waals surface area contributed by atoms with Crippen LogP contribution in [0.5, 0.6) is 0 Å². The number of rotatable bonds is 4. The fourth-order valence-electron chi connectivity index (χ4n) is 1.61. The summed E-state index contributed by atoms with van der Waals surface area (Å²) in [6, 6.07) is 3.51. The number of nitro benzene ring substituents is 1. The molecule has 1 aromatic rings. The fourth-order valence-corrected chi connectivity index (χ4v) is 1.61. The lowest BCUT2D eigenvalue weighted by Gasteiger charge is -2.31. The zero-order chi connectivity index (χ0) is 13.9. The molecule has 1 aromatic carbocycles. The van der Waals surface area contributed by atoms with Gasteiger partial charge in [-0.25, -0.2) is 4.39 Å². The van der Waals surface area contributed by atoms with Crippen molar-refractivity contribution >= 4 is 11.4 Å². The van der Waals surface area contributed by atoms with Crippen LogP contribution in [-0.4, -0.2) is 17.5 Å². The van der Waals surface area contributed by atoms with Gasteiger partial charge in [-0.15, -0.1) is 0 Å². The summed E-state index contributed by atoms with van der Waals surface area (Å²) in [6.07, 6.45) is 0. The Balaban J connectivity index is 3.13. The molecule has 0 saturated heterocycles. The minimum absolute atomic E-state index is 0.104. The van der Waals surface area contributed by atoms with Crippen molar-refractivity contribution < 1.29 is 9.31 Å². The lowest BCUT2D eigenvalue weighted by Crippen LogP contribution is -2.40. The summed E-state index contributed by atoms with van der Waals surface area (Å²) in [5.74, 6) is -0.646. The SMILES string of the molecule is CC(C)(C)C(CN)Nc1c(F)cccc1[N+](=O)[O-]. The van der Waals surface area contributed by atoms with Crippen LogP contribution in [0.4, 0.5) is 15.8 Å². The topological polar surface area (TPSA) is 81.2 Å². The Kier molecular flexibility index (Phi) is 4.24. The number of nitrogens with one attached hydrogen (secondary N) is 1. The molecule has 1 unspecified atom stereocenters. The van der Waals surface area contributed by atoms with E-state index in [1.807, 2.05) is 20.8 Å². The van der Waals surface area contributed by atoms with Crippen LogP contribution >= 0.6 is 0 Å². The third kappa shape index (κ3) is 3.16. The monoisotopic (exact) mass is 255 g/mol. The van der Waals surface area contributed by atoms with Gasteiger partial charge in [-0.05, 0) is 11.5 Å². The highest BCUT2D eigenvalue weighted by Crippen LogP contribution is 2.30. The van der Waals surface area contributed by atoms with E-state index in [1.54, 1.807) is 0 Å². The molecular formula is C12H18FN3O2. The van der Waals surface area contributed by atoms with E-state index in [4.69, 9.17) is 5.73 Å². The normalized spacial score (nSPS) is 13.2. The highest BCUT2D eigenvalue weighted by molar-refractivity contribution is 5.62. The fraction of sp³-hybridized carbons (Fsp3) is 0.500. The van der Waals surface area contributed by atoms with Gasteiger partial charge in [0.2, 0.25) is 0 Å². The molecule has 0 aliphatic carbocycles. The van der Waals surface area contributed by atoms with Crippen molar-refractivity contribution in [3.05, 3.63) is 34.1 Å². The van der Waals surface area contributed by atoms with Gasteiger partial charge in [0.25, 0.3) is 5.69 Å². The number of nitrogens with two attached hydrogens (primary N) is 1. The Morgan fingerprint density at radius 1 is 1.50 bits per heavy atom. The average molecular weight is 255 g/mol. The number of hydrogen-bond acceptors (Lipinski definition) is 4. The van der Waals surface area contributed by atoms with Crippen molar-refractivity contribution in [1.29, 1.82) is 0 Å². The molecule has 0 aliphatic rings. The van der Waals surface area contributed by atoms with Crippen molar-refractivity contribution in [2.75, 3.05) is 11.9 Å². The van der Waals surface area contributed by atoms with Gasteiger partial charge < -0.3 is 11.1 Å². The average Bonchev–Trinajstić information content (AvgIpc) is 2.25. The number of anilines is 1. The van der Waals surface area contributed by atoms with E-state index in [2.05, 4.69) is 5.32 Å². The van der Waals surface area contributed by atoms with Gasteiger partial charge in [0.1, 0.15) is 5.69 Å². The first kappa shape index (κ1) is 14.4. The molecule has 0 bridgehead atoms. The van der Waals surface area contributed by atoms with Gasteiger partial charge in [-0.1, -0.05) is 26.8 Å². The van der Waals surface area contributed by atoms with Crippen molar-refractivity contribution in [2.45, 2.75) is 26.8 Å². The Labute approximate surface area is 105 Å². The molecule has 0 aromatic heterocycles. The van der Waals surface area contributed by atoms with Crippen LogP contribution in [-0.2, 0) is 0 Å². The molecule has 1 rings (SSSR count). The molecule has 0 fully saturated rings. The summed E-state index contributed by atoms with van der Waals surface area (Å²) in [7, 11) is 0. The summed E-state index contributed by atoms with van der Waals surface area (Å²) in [5, 5.41) is 13.7. The summed E-state index contributed by atoms with van der Waals surface area (Å²) in [4.78, 5) is 10.3. The zero-order valence-corrected chi connectivity index (χ0v) is 10.7. The first-order valence-corrected chi connectivity index (χ1v) is 5.67. The minimum Gasteiger partial charge on any atom is -0.373 e. The highest BCUT2D eigenvalue weighted by Gasteiger charge is 2.27. The molecule has 0 aliphatic heterocycles. The molecule has 1 atom stereocenters. The molecule has 0 saturated carbocycles. The van der Waals surface area contributed by atoms with Crippen molar-refractivity contribution in [3.63, 3.8) is 0 Å². The van der Waals surface area contributed by atoms with Crippen LogP contribution in [0.15, 0.2) is 18.2 Å². The lowest BCUT2D eigenvalue weighted by molar-refractivity contribution is -0.384. The maximum absolute atomic E-state index is 13.7. The molecule has 5 nitrogen and oxygen atoms in total. The Bertz CT molecular complexity index is 443. The molecule has 0 heterocycles. The molecular weight excluding hydrogens is 237 g/mol. The molecule has 18 heavy (non-hydrogen) atoms. The number of halogens is 1. The van der Waals surface area contributed by atoms with Gasteiger partial charge in [0, 0.05) is 18.7 Å². The number of nitrogens with zero attached hydrogens (tertiary/aromatic N) is 1. The van der Waals surface area contributed by atoms with Gasteiger partial charge in [-0.2, -0.15) is 0 Å². The number of nitro groups is 1. The first-order chi connectivity index (χ1) is 8.27. The van der Waals surface area contributed by atoms with E-state index in [-0.39, 0.29) is 29.4 Å². The summed E-state index contributed by atoms with van der Waals surface area (Å²) >= 11 is 0. The van der Waals surface area contributed by atoms with Crippen LogP contribution < -0.4 is 11.1 Å². The molecule has 0 spiro atoms. The van der Waals surface area contributed by atoms with Crippen LogP contribution in [0.2, 0.25) is 0 Å². The van der Waals surface area contributed by atoms with E-state index in [0.717, 1.165) is 0 Å². The maximum Gasteiger partial charge on any atom is 0.295 e. The van der Waals surface area contributed by atoms with Gasteiger partial charge in [0.05, 0.1) is 4.92 Å². The molecule has 0 amide bonds. The Morgan fingerprint density at radius 3 is 2.56 bits per heavy atom. The van der Waals surface area contributed by atoms with Crippen LogP contribution in [0.25, 0.3) is 0 Å². The van der Waals surface area contributed by atoms with Crippen LogP contribution in [0.1, 0.15) is 20.8 Å². The first-order valence-electron chi connectivity index (χ1n) is 5.67. The van der Waals surface area contributed by atoms with E-state index >= 15 is 0 Å². The smallest absolute Gasteiger partial charge is 0.295 e. The van der Waals surface area contributed by atoms with Crippen molar-refractivity contribution in [3.8, 4) is 0 Å². The van der Waals surface area contributed by atoms with Gasteiger partial charge in [-0.3, -0.25) is 10.1 Å². The number of para-hydroxylation sites is 1. The summed E-state index contributed by atoms with van der Waals surface area (Å²) in [6.45, 7) is 6.06. The molecule has 100 valence electrons. The predicted molar refractivity (Wildman–Crippen MR) is 69.0 cm³/mol. The molecule has 0 radical (unpaired) electrons. The van der Waals surface area contributed by atoms with Crippen molar-refractivity contribution in [2.24, 2.45) is 11.1 Å². The van der Waals surface area contributed by atoms with Gasteiger partial charge in [0.15, 0.2) is 5.82 Å². The largest absolute Gasteiger partial charge is 0.373 e. The van der Waals surface area contributed by atoms with E-state index in [0.29, 0.717) is 0 Å². The van der Waals surface area contributed by atoms with Crippen LogP contribution in [0, 0.1) is 21.3 Å². The Hall–Kier alpha value is -1.69. The summed E-state index contributed by atoms with van der Waals surface area (Å²) in [5.41, 5.74) is 5.01. The minimum atomic E-state index is -0.646. The second-order valence-electron chi connectivity index (χ2n) is 5.19. The third-order valence-electron chi connectivity index (χ3n) is 2.79. The Morgan fingerprint density at radius 2 is 2.11 bits per heavy atom. The van der Waals surface area contributed by atoms with E-state index in [1.165, 1.54) is 18.2 Å². The summed E-state index contributed by atoms with van der Waals surface area (Å²) < 4.78 is 13.7. The lowest BCUT2D eigenvalue weighted by atomic mass is 9.86. The van der Waals surface area contributed by atoms with E-state index < -0.39 is 10.7 Å². The third-order valence-corrected chi connectivity index (χ3v) is 2.79. The second-order valence-corrected chi connectivity index (χ2v) is 5.19. The number of hydrogen-bond donors (Lipinski definition) is 2. The van der Waals surface area contributed by atoms with Crippen LogP contribution in [0.3, 0.4) is 0 Å². The van der Waals surface area contributed by atoms with E-state index in [9.17, 15) is 14.5 Å². The molecule has 6 heteroatoms. The maximum atomic E-state index is 13.7. The quantitative estimate of drug-likeness (QED) is 0.639. The molecule has 3 N–H and O–H groups in total. The predicted octanol–water partition coefficient (Wildman–Crippen LogP) is 2.52.